The molecule has 0 aliphatic carbocycles. The van der Waals surface area contributed by atoms with Crippen LogP contribution in [0.15, 0.2) is 78.9 Å². The van der Waals surface area contributed by atoms with E-state index in [9.17, 15) is 9.59 Å². The quantitative estimate of drug-likeness (QED) is 0.503. The highest BCUT2D eigenvalue weighted by Gasteiger charge is 2.14. The third kappa shape index (κ3) is 3.73. The molecule has 0 aliphatic rings. The van der Waals surface area contributed by atoms with E-state index in [1.807, 2.05) is 36.4 Å². The van der Waals surface area contributed by atoms with Gasteiger partial charge < -0.3 is 5.32 Å². The summed E-state index contributed by atoms with van der Waals surface area (Å²) >= 11 is 0. The molecule has 25 heavy (non-hydrogen) atoms. The predicted octanol–water partition coefficient (Wildman–Crippen LogP) is 3.72. The molecule has 0 saturated heterocycles. The minimum atomic E-state index is -0.611. The molecular formula is C20H16N2O3. The van der Waals surface area contributed by atoms with Gasteiger partial charge in [-0.25, -0.2) is 5.48 Å². The van der Waals surface area contributed by atoms with Gasteiger partial charge in [-0.15, -0.1) is 0 Å². The normalized spacial score (nSPS) is 10.1. The Morgan fingerprint density at radius 3 is 2.04 bits per heavy atom. The number of hydroxylamine groups is 1. The Morgan fingerprint density at radius 2 is 1.40 bits per heavy atom. The molecule has 0 saturated carbocycles. The van der Waals surface area contributed by atoms with Crippen molar-refractivity contribution in [2.45, 2.75) is 0 Å². The number of rotatable bonds is 4. The number of hydrogen-bond donors (Lipinski definition) is 3. The second kappa shape index (κ2) is 7.42. The van der Waals surface area contributed by atoms with Crippen LogP contribution in [0.3, 0.4) is 0 Å². The molecule has 0 heterocycles. The topological polar surface area (TPSA) is 78.4 Å². The van der Waals surface area contributed by atoms with Crippen LogP contribution < -0.4 is 10.8 Å². The van der Waals surface area contributed by atoms with Crippen LogP contribution in [-0.4, -0.2) is 17.0 Å². The van der Waals surface area contributed by atoms with Crippen molar-refractivity contribution in [1.82, 2.24) is 5.48 Å². The van der Waals surface area contributed by atoms with Crippen molar-refractivity contribution < 1.29 is 14.8 Å². The summed E-state index contributed by atoms with van der Waals surface area (Å²) in [6.07, 6.45) is 0. The van der Waals surface area contributed by atoms with Crippen LogP contribution in [0.25, 0.3) is 11.1 Å². The lowest BCUT2D eigenvalue weighted by atomic mass is 9.98. The highest BCUT2D eigenvalue weighted by Crippen LogP contribution is 2.27. The van der Waals surface area contributed by atoms with Gasteiger partial charge in [0.2, 0.25) is 0 Å². The smallest absolute Gasteiger partial charge is 0.275 e. The van der Waals surface area contributed by atoms with E-state index in [4.69, 9.17) is 5.21 Å². The van der Waals surface area contributed by atoms with Gasteiger partial charge in [-0.05, 0) is 41.5 Å². The summed E-state index contributed by atoms with van der Waals surface area (Å²) in [5.41, 5.74) is 4.47. The van der Waals surface area contributed by atoms with Gasteiger partial charge in [0, 0.05) is 16.8 Å². The maximum absolute atomic E-state index is 12.3. The van der Waals surface area contributed by atoms with Gasteiger partial charge in [-0.3, -0.25) is 14.8 Å². The molecule has 0 atom stereocenters. The van der Waals surface area contributed by atoms with Gasteiger partial charge in [-0.2, -0.15) is 0 Å². The van der Waals surface area contributed by atoms with Gasteiger partial charge in [0.15, 0.2) is 0 Å². The van der Waals surface area contributed by atoms with Crippen molar-refractivity contribution in [3.63, 3.8) is 0 Å². The fourth-order valence-corrected chi connectivity index (χ4v) is 2.53. The molecule has 0 radical (unpaired) electrons. The molecule has 0 unspecified atom stereocenters. The van der Waals surface area contributed by atoms with Crippen LogP contribution in [0.1, 0.15) is 20.7 Å². The molecule has 0 aromatic heterocycles. The SMILES string of the molecule is O=C(Nc1ccc(C(=O)NO)c(-c2ccccc2)c1)c1ccccc1. The fourth-order valence-electron chi connectivity index (χ4n) is 2.53. The number of carbonyl (C=O) groups excluding carboxylic acids is 2. The number of anilines is 1. The summed E-state index contributed by atoms with van der Waals surface area (Å²) < 4.78 is 0. The Bertz CT molecular complexity index is 893. The fraction of sp³-hybridized carbons (Fsp3) is 0. The predicted molar refractivity (Wildman–Crippen MR) is 95.5 cm³/mol. The highest BCUT2D eigenvalue weighted by atomic mass is 16.5. The molecule has 2 amide bonds. The third-order valence-corrected chi connectivity index (χ3v) is 3.74. The molecule has 124 valence electrons. The summed E-state index contributed by atoms with van der Waals surface area (Å²) in [6.45, 7) is 0. The molecule has 3 rings (SSSR count). The zero-order valence-electron chi connectivity index (χ0n) is 13.3. The van der Waals surface area contributed by atoms with Crippen molar-refractivity contribution in [3.05, 3.63) is 90.0 Å². The summed E-state index contributed by atoms with van der Waals surface area (Å²) in [4.78, 5) is 24.2. The molecule has 5 nitrogen and oxygen atoms in total. The highest BCUT2D eigenvalue weighted by molar-refractivity contribution is 6.06. The van der Waals surface area contributed by atoms with Crippen molar-refractivity contribution in [2.75, 3.05) is 5.32 Å². The van der Waals surface area contributed by atoms with Gasteiger partial charge in [-0.1, -0.05) is 48.5 Å². The first-order chi connectivity index (χ1) is 12.2. The maximum atomic E-state index is 12.3. The van der Waals surface area contributed by atoms with Crippen LogP contribution in [0.2, 0.25) is 0 Å². The van der Waals surface area contributed by atoms with E-state index in [0.29, 0.717) is 22.4 Å². The summed E-state index contributed by atoms with van der Waals surface area (Å²) in [7, 11) is 0. The Kier molecular flexibility index (Phi) is 4.87. The van der Waals surface area contributed by atoms with Crippen LogP contribution in [0, 0.1) is 0 Å². The Morgan fingerprint density at radius 1 is 0.760 bits per heavy atom. The van der Waals surface area contributed by atoms with Crippen molar-refractivity contribution >= 4 is 17.5 Å². The van der Waals surface area contributed by atoms with Gasteiger partial charge in [0.05, 0.1) is 0 Å². The standard InChI is InChI=1S/C20H16N2O3/c23-19(15-9-5-2-6-10-15)21-16-11-12-17(20(24)22-25)18(13-16)14-7-3-1-4-8-14/h1-13,25H,(H,21,23)(H,22,24). The first-order valence-corrected chi connectivity index (χ1v) is 7.69. The number of nitrogens with one attached hydrogen (secondary N) is 2. The summed E-state index contributed by atoms with van der Waals surface area (Å²) in [5, 5.41) is 11.8. The molecule has 0 aliphatic heterocycles. The molecule has 3 aromatic rings. The lowest BCUT2D eigenvalue weighted by molar-refractivity contribution is 0.0707. The minimum Gasteiger partial charge on any atom is -0.322 e. The van der Waals surface area contributed by atoms with E-state index in [-0.39, 0.29) is 5.91 Å². The van der Waals surface area contributed by atoms with Gasteiger partial charge in [0.25, 0.3) is 11.8 Å². The lowest BCUT2D eigenvalue weighted by Crippen LogP contribution is -2.20. The molecular weight excluding hydrogens is 316 g/mol. The first-order valence-electron chi connectivity index (χ1n) is 7.69. The van der Waals surface area contributed by atoms with E-state index in [1.165, 1.54) is 0 Å². The van der Waals surface area contributed by atoms with Crippen molar-refractivity contribution in [3.8, 4) is 11.1 Å². The second-order valence-corrected chi connectivity index (χ2v) is 5.39. The second-order valence-electron chi connectivity index (χ2n) is 5.39. The van der Waals surface area contributed by atoms with E-state index < -0.39 is 5.91 Å². The first kappa shape index (κ1) is 16.4. The van der Waals surface area contributed by atoms with Crippen molar-refractivity contribution in [2.24, 2.45) is 0 Å². The zero-order chi connectivity index (χ0) is 17.6. The number of amides is 2. The van der Waals surface area contributed by atoms with Crippen LogP contribution in [0.5, 0.6) is 0 Å². The van der Waals surface area contributed by atoms with E-state index >= 15 is 0 Å². The molecule has 0 spiro atoms. The largest absolute Gasteiger partial charge is 0.322 e. The average Bonchev–Trinajstić information content (AvgIpc) is 2.68. The van der Waals surface area contributed by atoms with Crippen molar-refractivity contribution in [1.29, 1.82) is 0 Å². The third-order valence-electron chi connectivity index (χ3n) is 3.74. The van der Waals surface area contributed by atoms with Crippen LogP contribution >= 0.6 is 0 Å². The maximum Gasteiger partial charge on any atom is 0.275 e. The molecule has 0 fully saturated rings. The van der Waals surface area contributed by atoms with E-state index in [1.54, 1.807) is 47.9 Å². The van der Waals surface area contributed by atoms with Crippen LogP contribution in [0.4, 0.5) is 5.69 Å². The lowest BCUT2D eigenvalue weighted by Gasteiger charge is -2.12. The summed E-state index contributed by atoms with van der Waals surface area (Å²) in [5.74, 6) is -0.848. The zero-order valence-corrected chi connectivity index (χ0v) is 13.3. The van der Waals surface area contributed by atoms with Gasteiger partial charge in [0.1, 0.15) is 0 Å². The van der Waals surface area contributed by atoms with Crippen LogP contribution in [-0.2, 0) is 0 Å². The van der Waals surface area contributed by atoms with E-state index in [2.05, 4.69) is 5.32 Å². The average molecular weight is 332 g/mol. The van der Waals surface area contributed by atoms with Gasteiger partial charge >= 0.3 is 0 Å². The minimum absolute atomic E-state index is 0.237. The number of benzene rings is 3. The number of hydrogen-bond acceptors (Lipinski definition) is 3. The van der Waals surface area contributed by atoms with E-state index in [0.717, 1.165) is 5.56 Å². The molecule has 3 N–H and O–H groups in total. The molecule has 0 bridgehead atoms. The monoisotopic (exact) mass is 332 g/mol. The Labute approximate surface area is 144 Å². The molecule has 5 heteroatoms. The number of carbonyl (C=O) groups is 2. The Hall–Kier alpha value is -3.44. The summed E-state index contributed by atoms with van der Waals surface area (Å²) in [6, 6.07) is 23.0. The Balaban J connectivity index is 1.97. The molecule has 3 aromatic carbocycles.